The van der Waals surface area contributed by atoms with Crippen LogP contribution in [-0.4, -0.2) is 25.0 Å². The first-order valence-electron chi connectivity index (χ1n) is 10.1. The topological polar surface area (TPSA) is 76.7 Å². The molecule has 6 heteroatoms. The van der Waals surface area contributed by atoms with Crippen LogP contribution in [0.3, 0.4) is 0 Å². The number of nitrogens with one attached hydrogen (secondary N) is 2. The zero-order valence-corrected chi connectivity index (χ0v) is 17.9. The maximum absolute atomic E-state index is 12.8. The molecule has 0 atom stereocenters. The van der Waals surface area contributed by atoms with Gasteiger partial charge in [0.05, 0.1) is 17.9 Å². The monoisotopic (exact) mass is 418 g/mol. The van der Waals surface area contributed by atoms with E-state index in [1.807, 2.05) is 39.0 Å². The second kappa shape index (κ2) is 10.3. The Balaban J connectivity index is 1.62. The Morgan fingerprint density at radius 1 is 0.806 bits per heavy atom. The maximum atomic E-state index is 12.8. The van der Waals surface area contributed by atoms with Crippen molar-refractivity contribution in [1.82, 2.24) is 0 Å². The Labute approximate surface area is 182 Å². The van der Waals surface area contributed by atoms with Crippen molar-refractivity contribution in [3.05, 3.63) is 83.4 Å². The van der Waals surface area contributed by atoms with Crippen LogP contribution in [0.4, 0.5) is 11.4 Å². The summed E-state index contributed by atoms with van der Waals surface area (Å²) >= 11 is 0. The lowest BCUT2D eigenvalue weighted by atomic mass is 10.1. The van der Waals surface area contributed by atoms with E-state index in [9.17, 15) is 9.59 Å². The molecule has 160 valence electrons. The predicted molar refractivity (Wildman–Crippen MR) is 122 cm³/mol. The Kier molecular flexibility index (Phi) is 7.27. The minimum Gasteiger partial charge on any atom is -0.494 e. The number of anilines is 2. The number of hydrogen-bond acceptors (Lipinski definition) is 4. The largest absolute Gasteiger partial charge is 0.494 e. The Bertz CT molecular complexity index is 1060. The molecule has 3 rings (SSSR count). The third-order valence-corrected chi connectivity index (χ3v) is 4.72. The first-order chi connectivity index (χ1) is 15.0. The fourth-order valence-electron chi connectivity index (χ4n) is 2.93. The highest BCUT2D eigenvalue weighted by atomic mass is 16.5. The second-order valence-corrected chi connectivity index (χ2v) is 7.04. The van der Waals surface area contributed by atoms with Gasteiger partial charge in [0.1, 0.15) is 11.5 Å². The molecular formula is C25H26N2O4. The van der Waals surface area contributed by atoms with Gasteiger partial charge in [-0.15, -0.1) is 0 Å². The molecule has 0 radical (unpaired) electrons. The molecule has 0 bridgehead atoms. The third-order valence-electron chi connectivity index (χ3n) is 4.72. The van der Waals surface area contributed by atoms with Crippen LogP contribution in [-0.2, 0) is 4.79 Å². The molecular weight excluding hydrogens is 392 g/mol. The molecule has 0 aliphatic heterocycles. The summed E-state index contributed by atoms with van der Waals surface area (Å²) in [6.07, 6.45) is 0. The molecule has 3 aromatic carbocycles. The molecule has 6 nitrogen and oxygen atoms in total. The summed E-state index contributed by atoms with van der Waals surface area (Å²) in [5.41, 5.74) is 3.65. The average Bonchev–Trinajstić information content (AvgIpc) is 2.76. The molecule has 3 aromatic rings. The lowest BCUT2D eigenvalue weighted by Crippen LogP contribution is -2.22. The van der Waals surface area contributed by atoms with Crippen LogP contribution < -0.4 is 20.1 Å². The molecule has 2 N–H and O–H groups in total. The van der Waals surface area contributed by atoms with Gasteiger partial charge in [-0.05, 0) is 80.4 Å². The van der Waals surface area contributed by atoms with Crippen LogP contribution in [0.25, 0.3) is 0 Å². The van der Waals surface area contributed by atoms with E-state index in [0.717, 1.165) is 16.9 Å². The van der Waals surface area contributed by atoms with E-state index in [-0.39, 0.29) is 18.4 Å². The van der Waals surface area contributed by atoms with E-state index < -0.39 is 0 Å². The SMILES string of the molecule is CCOc1ccc(NC(=O)c2ccccc2NC(=O)COc2ccc(C)c(C)c2)cc1. The number of hydrogen-bond donors (Lipinski definition) is 2. The Morgan fingerprint density at radius 2 is 1.52 bits per heavy atom. The van der Waals surface area contributed by atoms with E-state index in [0.29, 0.717) is 29.3 Å². The van der Waals surface area contributed by atoms with Crippen LogP contribution in [0.15, 0.2) is 66.7 Å². The molecule has 0 fully saturated rings. The normalized spacial score (nSPS) is 10.3. The van der Waals surface area contributed by atoms with Gasteiger partial charge in [0.25, 0.3) is 11.8 Å². The van der Waals surface area contributed by atoms with Crippen molar-refractivity contribution in [3.8, 4) is 11.5 Å². The van der Waals surface area contributed by atoms with E-state index in [1.165, 1.54) is 0 Å². The van der Waals surface area contributed by atoms with E-state index >= 15 is 0 Å². The Morgan fingerprint density at radius 3 is 2.23 bits per heavy atom. The van der Waals surface area contributed by atoms with Crippen molar-refractivity contribution >= 4 is 23.2 Å². The fourth-order valence-corrected chi connectivity index (χ4v) is 2.93. The van der Waals surface area contributed by atoms with Crippen molar-refractivity contribution in [2.45, 2.75) is 20.8 Å². The molecule has 31 heavy (non-hydrogen) atoms. The zero-order chi connectivity index (χ0) is 22.2. The van der Waals surface area contributed by atoms with Gasteiger partial charge in [0.15, 0.2) is 6.61 Å². The number of aryl methyl sites for hydroxylation is 2. The van der Waals surface area contributed by atoms with Gasteiger partial charge in [-0.1, -0.05) is 18.2 Å². The van der Waals surface area contributed by atoms with E-state index in [4.69, 9.17) is 9.47 Å². The number of amides is 2. The van der Waals surface area contributed by atoms with Crippen LogP contribution in [0, 0.1) is 13.8 Å². The first kappa shape index (κ1) is 21.9. The summed E-state index contributed by atoms with van der Waals surface area (Å²) < 4.78 is 11.0. The fraction of sp³-hybridized carbons (Fsp3) is 0.200. The van der Waals surface area contributed by atoms with Crippen molar-refractivity contribution in [2.24, 2.45) is 0 Å². The number of carbonyl (C=O) groups excluding carboxylic acids is 2. The van der Waals surface area contributed by atoms with Crippen molar-refractivity contribution in [2.75, 3.05) is 23.8 Å². The van der Waals surface area contributed by atoms with Crippen molar-refractivity contribution < 1.29 is 19.1 Å². The summed E-state index contributed by atoms with van der Waals surface area (Å²) in [7, 11) is 0. The van der Waals surface area contributed by atoms with E-state index in [2.05, 4.69) is 10.6 Å². The maximum Gasteiger partial charge on any atom is 0.262 e. The van der Waals surface area contributed by atoms with Gasteiger partial charge < -0.3 is 20.1 Å². The number of para-hydroxylation sites is 1. The molecule has 0 aromatic heterocycles. The lowest BCUT2D eigenvalue weighted by Gasteiger charge is -2.13. The highest BCUT2D eigenvalue weighted by molar-refractivity contribution is 6.10. The summed E-state index contributed by atoms with van der Waals surface area (Å²) in [5, 5.41) is 5.59. The van der Waals surface area contributed by atoms with Gasteiger partial charge in [-0.3, -0.25) is 9.59 Å². The number of rotatable bonds is 8. The van der Waals surface area contributed by atoms with E-state index in [1.54, 1.807) is 48.5 Å². The summed E-state index contributed by atoms with van der Waals surface area (Å²) in [5.74, 6) is 0.686. The van der Waals surface area contributed by atoms with Gasteiger partial charge >= 0.3 is 0 Å². The number of ether oxygens (including phenoxy) is 2. The minimum atomic E-state index is -0.348. The highest BCUT2D eigenvalue weighted by Crippen LogP contribution is 2.20. The molecule has 0 spiro atoms. The summed E-state index contributed by atoms with van der Waals surface area (Å²) in [6, 6.07) is 19.6. The number of benzene rings is 3. The highest BCUT2D eigenvalue weighted by Gasteiger charge is 2.14. The number of carbonyl (C=O) groups is 2. The van der Waals surface area contributed by atoms with Crippen LogP contribution in [0.5, 0.6) is 11.5 Å². The zero-order valence-electron chi connectivity index (χ0n) is 17.9. The third kappa shape index (κ3) is 6.09. The second-order valence-electron chi connectivity index (χ2n) is 7.04. The smallest absolute Gasteiger partial charge is 0.262 e. The lowest BCUT2D eigenvalue weighted by molar-refractivity contribution is -0.118. The van der Waals surface area contributed by atoms with Gasteiger partial charge in [0.2, 0.25) is 0 Å². The molecule has 0 saturated heterocycles. The summed E-state index contributed by atoms with van der Waals surface area (Å²) in [4.78, 5) is 25.1. The average molecular weight is 418 g/mol. The quantitative estimate of drug-likeness (QED) is 0.541. The van der Waals surface area contributed by atoms with Gasteiger partial charge in [-0.25, -0.2) is 0 Å². The van der Waals surface area contributed by atoms with Crippen molar-refractivity contribution in [1.29, 1.82) is 0 Å². The standard InChI is InChI=1S/C25H26N2O4/c1-4-30-20-13-10-19(11-14-20)26-25(29)22-7-5-6-8-23(22)27-24(28)16-31-21-12-9-17(2)18(3)15-21/h5-15H,4,16H2,1-3H3,(H,26,29)(H,27,28). The predicted octanol–water partition coefficient (Wildman–Crippen LogP) is 4.97. The van der Waals surface area contributed by atoms with Gasteiger partial charge in [0, 0.05) is 5.69 Å². The molecule has 0 saturated carbocycles. The molecule has 0 aliphatic rings. The van der Waals surface area contributed by atoms with Crippen LogP contribution in [0.1, 0.15) is 28.4 Å². The molecule has 0 aliphatic carbocycles. The summed E-state index contributed by atoms with van der Waals surface area (Å²) in [6.45, 7) is 6.33. The molecule has 0 unspecified atom stereocenters. The molecule has 0 heterocycles. The van der Waals surface area contributed by atoms with Crippen LogP contribution >= 0.6 is 0 Å². The Hall–Kier alpha value is -3.80. The minimum absolute atomic E-state index is 0.155. The van der Waals surface area contributed by atoms with Gasteiger partial charge in [-0.2, -0.15) is 0 Å². The first-order valence-corrected chi connectivity index (χ1v) is 10.1. The molecule has 2 amide bonds. The van der Waals surface area contributed by atoms with Crippen molar-refractivity contribution in [3.63, 3.8) is 0 Å². The van der Waals surface area contributed by atoms with Crippen LogP contribution in [0.2, 0.25) is 0 Å².